The van der Waals surface area contributed by atoms with Crippen molar-refractivity contribution in [3.8, 4) is 17.2 Å². The second-order valence-electron chi connectivity index (χ2n) is 4.73. The Morgan fingerprint density at radius 1 is 0.792 bits per heavy atom. The highest BCUT2D eigenvalue weighted by atomic mass is 16.5. The predicted octanol–water partition coefficient (Wildman–Crippen LogP) is 4.77. The van der Waals surface area contributed by atoms with Crippen LogP contribution < -0.4 is 19.9 Å². The van der Waals surface area contributed by atoms with Crippen molar-refractivity contribution in [3.05, 3.63) is 53.6 Å². The highest BCUT2D eigenvalue weighted by Crippen LogP contribution is 2.34. The molecule has 0 amide bonds. The lowest BCUT2D eigenvalue weighted by atomic mass is 9.97. The van der Waals surface area contributed by atoms with Crippen molar-refractivity contribution in [2.24, 2.45) is 0 Å². The average molecular weight is 329 g/mol. The molecule has 0 radical (unpaired) electrons. The fourth-order valence-electron chi connectivity index (χ4n) is 2.41. The molecule has 0 aliphatic carbocycles. The minimum absolute atomic E-state index is 0.611. The molecule has 0 heterocycles. The Bertz CT molecular complexity index is 693. The molecular weight excluding hydrogens is 302 g/mol. The van der Waals surface area contributed by atoms with Gasteiger partial charge < -0.3 is 19.9 Å². The smallest absolute Gasteiger partial charge is 0.161 e. The number of ether oxygens (including phenoxy) is 3. The van der Waals surface area contributed by atoms with E-state index in [9.17, 15) is 0 Å². The molecule has 24 heavy (non-hydrogen) atoms. The minimum Gasteiger partial charge on any atom is -0.495 e. The maximum absolute atomic E-state index is 6.01. The van der Waals surface area contributed by atoms with Crippen molar-refractivity contribution in [1.29, 1.82) is 0 Å². The molecular formula is C20H27NO3. The summed E-state index contributed by atoms with van der Waals surface area (Å²) in [4.78, 5) is 0. The van der Waals surface area contributed by atoms with Gasteiger partial charge in [-0.05, 0) is 47.9 Å². The van der Waals surface area contributed by atoms with Gasteiger partial charge in [-0.25, -0.2) is 0 Å². The van der Waals surface area contributed by atoms with Crippen LogP contribution in [0.5, 0.6) is 17.2 Å². The maximum Gasteiger partial charge on any atom is 0.161 e. The van der Waals surface area contributed by atoms with Crippen LogP contribution in [-0.4, -0.2) is 21.3 Å². The quantitative estimate of drug-likeness (QED) is 0.803. The second kappa shape index (κ2) is 9.50. The Morgan fingerprint density at radius 2 is 1.29 bits per heavy atom. The third-order valence-corrected chi connectivity index (χ3v) is 3.52. The van der Waals surface area contributed by atoms with Crippen LogP contribution in [0.15, 0.2) is 42.5 Å². The van der Waals surface area contributed by atoms with Crippen LogP contribution in [-0.2, 0) is 0 Å². The van der Waals surface area contributed by atoms with E-state index >= 15 is 0 Å². The van der Waals surface area contributed by atoms with E-state index in [2.05, 4.69) is 0 Å². The van der Waals surface area contributed by atoms with Gasteiger partial charge >= 0.3 is 0 Å². The van der Waals surface area contributed by atoms with Crippen LogP contribution in [0.3, 0.4) is 0 Å². The van der Waals surface area contributed by atoms with E-state index in [1.165, 1.54) is 0 Å². The third kappa shape index (κ3) is 4.22. The van der Waals surface area contributed by atoms with Gasteiger partial charge in [-0.3, -0.25) is 0 Å². The van der Waals surface area contributed by atoms with Gasteiger partial charge in [0, 0.05) is 0 Å². The van der Waals surface area contributed by atoms with Gasteiger partial charge in [-0.2, -0.15) is 0 Å². The van der Waals surface area contributed by atoms with E-state index < -0.39 is 0 Å². The number of allylic oxidation sites excluding steroid dienone is 1. The molecule has 0 atom stereocenters. The maximum atomic E-state index is 6.01. The van der Waals surface area contributed by atoms with Crippen molar-refractivity contribution < 1.29 is 14.2 Å². The van der Waals surface area contributed by atoms with Crippen molar-refractivity contribution in [1.82, 2.24) is 0 Å². The summed E-state index contributed by atoms with van der Waals surface area (Å²) < 4.78 is 15.9. The van der Waals surface area contributed by atoms with E-state index in [-0.39, 0.29) is 0 Å². The fourth-order valence-corrected chi connectivity index (χ4v) is 2.41. The second-order valence-corrected chi connectivity index (χ2v) is 4.73. The number of nitrogen functional groups attached to an aromatic ring is 1. The normalized spacial score (nSPS) is 10.5. The molecule has 0 unspecified atom stereocenters. The van der Waals surface area contributed by atoms with Gasteiger partial charge in [-0.1, -0.05) is 32.1 Å². The van der Waals surface area contributed by atoms with Crippen LogP contribution in [0.4, 0.5) is 5.69 Å². The molecule has 2 rings (SSSR count). The first-order valence-corrected chi connectivity index (χ1v) is 7.97. The van der Waals surface area contributed by atoms with Gasteiger partial charge in [0.05, 0.1) is 27.0 Å². The topological polar surface area (TPSA) is 53.7 Å². The largest absolute Gasteiger partial charge is 0.495 e. The molecule has 0 spiro atoms. The summed E-state index contributed by atoms with van der Waals surface area (Å²) in [5, 5.41) is 0. The van der Waals surface area contributed by atoms with E-state index in [1.54, 1.807) is 21.3 Å². The summed E-state index contributed by atoms with van der Waals surface area (Å²) in [7, 11) is 4.86. The number of benzene rings is 2. The first kappa shape index (κ1) is 19.4. The Balaban J connectivity index is 0.00000139. The zero-order chi connectivity index (χ0) is 18.1. The number of methoxy groups -OCH3 is 3. The van der Waals surface area contributed by atoms with Crippen LogP contribution in [0.2, 0.25) is 0 Å². The number of nitrogens with two attached hydrogens (primary N) is 1. The van der Waals surface area contributed by atoms with Crippen LogP contribution in [0, 0.1) is 0 Å². The molecule has 0 bridgehead atoms. The van der Waals surface area contributed by atoms with Crippen molar-refractivity contribution in [2.75, 3.05) is 27.1 Å². The predicted molar refractivity (Wildman–Crippen MR) is 101 cm³/mol. The lowest BCUT2D eigenvalue weighted by molar-refractivity contribution is 0.355. The molecule has 2 aromatic rings. The molecule has 0 saturated heterocycles. The van der Waals surface area contributed by atoms with Crippen LogP contribution in [0.25, 0.3) is 5.57 Å². The molecule has 130 valence electrons. The number of anilines is 1. The lowest BCUT2D eigenvalue weighted by Crippen LogP contribution is -1.96. The summed E-state index contributed by atoms with van der Waals surface area (Å²) in [5.41, 5.74) is 9.74. The number of rotatable bonds is 5. The molecule has 2 N–H and O–H groups in total. The van der Waals surface area contributed by atoms with E-state index in [0.29, 0.717) is 22.9 Å². The van der Waals surface area contributed by atoms with E-state index in [4.69, 9.17) is 19.9 Å². The average Bonchev–Trinajstić information content (AvgIpc) is 2.64. The highest BCUT2D eigenvalue weighted by Gasteiger charge is 2.11. The minimum atomic E-state index is 0.611. The monoisotopic (exact) mass is 329 g/mol. The van der Waals surface area contributed by atoms with E-state index in [0.717, 1.165) is 16.7 Å². The zero-order valence-electron chi connectivity index (χ0n) is 15.3. The summed E-state index contributed by atoms with van der Waals surface area (Å²) in [6.45, 7) is 5.99. The zero-order valence-corrected chi connectivity index (χ0v) is 15.3. The fraction of sp³-hybridized carbons (Fsp3) is 0.300. The van der Waals surface area contributed by atoms with Crippen LogP contribution >= 0.6 is 0 Å². The molecule has 0 aliphatic rings. The molecule has 4 nitrogen and oxygen atoms in total. The van der Waals surface area contributed by atoms with Crippen molar-refractivity contribution in [3.63, 3.8) is 0 Å². The molecule has 2 aromatic carbocycles. The standard InChI is InChI=1S/C18H21NO3.C2H6/c1-5-14(12-6-8-16(20-2)15(19)10-12)13-7-9-17(21-3)18(11-13)22-4;1-2/h5-11H,19H2,1-4H3;1-2H3/b14-5+;. The van der Waals surface area contributed by atoms with Gasteiger partial charge in [0.15, 0.2) is 11.5 Å². The molecule has 0 aromatic heterocycles. The third-order valence-electron chi connectivity index (χ3n) is 3.52. The van der Waals surface area contributed by atoms with Gasteiger partial charge in [0.25, 0.3) is 0 Å². The van der Waals surface area contributed by atoms with Crippen molar-refractivity contribution >= 4 is 11.3 Å². The van der Waals surface area contributed by atoms with Crippen molar-refractivity contribution in [2.45, 2.75) is 20.8 Å². The summed E-state index contributed by atoms with van der Waals surface area (Å²) >= 11 is 0. The Morgan fingerprint density at radius 3 is 1.75 bits per heavy atom. The summed E-state index contributed by atoms with van der Waals surface area (Å²) in [6.07, 6.45) is 2.04. The Kier molecular flexibility index (Phi) is 7.69. The summed E-state index contributed by atoms with van der Waals surface area (Å²) in [6, 6.07) is 11.6. The highest BCUT2D eigenvalue weighted by molar-refractivity contribution is 5.82. The SMILES string of the molecule is C/C=C(\c1ccc(OC)c(N)c1)c1ccc(OC)c(OC)c1.CC. The van der Waals surface area contributed by atoms with Gasteiger partial charge in [0.2, 0.25) is 0 Å². The Labute approximate surface area is 144 Å². The Hall–Kier alpha value is -2.62. The van der Waals surface area contributed by atoms with Crippen LogP contribution in [0.1, 0.15) is 31.9 Å². The van der Waals surface area contributed by atoms with Gasteiger partial charge in [0.1, 0.15) is 5.75 Å². The molecule has 0 fully saturated rings. The lowest BCUT2D eigenvalue weighted by Gasteiger charge is -2.13. The molecule has 4 heteroatoms. The summed E-state index contributed by atoms with van der Waals surface area (Å²) in [5.74, 6) is 2.07. The first-order chi connectivity index (χ1) is 11.6. The number of hydrogen-bond acceptors (Lipinski definition) is 4. The van der Waals surface area contributed by atoms with Gasteiger partial charge in [-0.15, -0.1) is 0 Å². The first-order valence-electron chi connectivity index (χ1n) is 7.97. The van der Waals surface area contributed by atoms with E-state index in [1.807, 2.05) is 63.2 Å². The molecule has 0 saturated carbocycles. The number of hydrogen-bond donors (Lipinski definition) is 1. The molecule has 0 aliphatic heterocycles.